The zero-order valence-electron chi connectivity index (χ0n) is 24.6. The van der Waals surface area contributed by atoms with Gasteiger partial charge >= 0.3 is 29.9 Å². The van der Waals surface area contributed by atoms with Gasteiger partial charge < -0.3 is 20.3 Å². The average molecular weight is 691 g/mol. The van der Waals surface area contributed by atoms with Crippen molar-refractivity contribution in [3.05, 3.63) is 130 Å². The van der Waals surface area contributed by atoms with Gasteiger partial charge in [0.05, 0.1) is 24.5 Å². The molecule has 10 nitrogen and oxygen atoms in total. The lowest BCUT2D eigenvalue weighted by molar-refractivity contribution is -0.189. The second kappa shape index (κ2) is 17.6. The summed E-state index contributed by atoms with van der Waals surface area (Å²) in [5, 5.41) is 0.885. The number of benzene rings is 2. The van der Waals surface area contributed by atoms with Gasteiger partial charge in [0.1, 0.15) is 0 Å². The molecule has 0 fully saturated rings. The molecule has 3 amide bonds. The van der Waals surface area contributed by atoms with Crippen molar-refractivity contribution >= 4 is 46.9 Å². The third-order valence-electron chi connectivity index (χ3n) is 6.12. The summed E-state index contributed by atoms with van der Waals surface area (Å²) in [7, 11) is 0. The number of aromatic nitrogens is 2. The number of hydrogen-bond acceptors (Lipinski definition) is 7. The lowest BCUT2D eigenvalue weighted by Crippen LogP contribution is -2.39. The third kappa shape index (κ3) is 12.4. The van der Waals surface area contributed by atoms with Crippen molar-refractivity contribution in [1.29, 1.82) is 0 Å². The molecule has 0 unspecified atom stereocenters. The maximum absolute atomic E-state index is 12.3. The fraction of sp³-hybridized carbons (Fsp3) is 0.188. The zero-order chi connectivity index (χ0) is 34.4. The Balaban J connectivity index is 0.000000261. The van der Waals surface area contributed by atoms with Crippen LogP contribution in [0, 0.1) is 0 Å². The molecular weight excluding hydrogens is 662 g/mol. The normalized spacial score (nSPS) is 10.7. The van der Waals surface area contributed by atoms with Crippen molar-refractivity contribution in [1.82, 2.24) is 19.8 Å². The predicted octanol–water partition coefficient (Wildman–Crippen LogP) is 5.12. The third-order valence-corrected chi connectivity index (χ3v) is 6.86. The van der Waals surface area contributed by atoms with Gasteiger partial charge in [-0.3, -0.25) is 24.4 Å². The number of primary amides is 1. The maximum atomic E-state index is 12.3. The Labute approximate surface area is 277 Å². The van der Waals surface area contributed by atoms with Crippen LogP contribution in [-0.2, 0) is 50.1 Å². The molecule has 0 atom stereocenters. The van der Waals surface area contributed by atoms with Crippen molar-refractivity contribution in [3.63, 3.8) is 0 Å². The molecule has 246 valence electrons. The van der Waals surface area contributed by atoms with E-state index in [1.807, 2.05) is 12.1 Å². The summed E-state index contributed by atoms with van der Waals surface area (Å²) in [6.45, 7) is -1.63. The molecule has 0 radical (unpaired) electrons. The minimum Gasteiger partial charge on any atom is -0.449 e. The number of halogens is 5. The highest BCUT2D eigenvalue weighted by Crippen LogP contribution is 2.20. The molecule has 2 aromatic carbocycles. The van der Waals surface area contributed by atoms with Crippen LogP contribution in [0.2, 0.25) is 10.0 Å². The topological polar surface area (TPSA) is 136 Å². The average Bonchev–Trinajstić information content (AvgIpc) is 3.05. The molecule has 47 heavy (non-hydrogen) atoms. The fourth-order valence-electron chi connectivity index (χ4n) is 3.93. The number of nitrogens with zero attached hydrogens (tertiary/aromatic N) is 4. The number of ether oxygens (including phenoxy) is 1. The molecule has 0 saturated heterocycles. The van der Waals surface area contributed by atoms with E-state index < -0.39 is 36.5 Å². The molecule has 0 aliphatic carbocycles. The van der Waals surface area contributed by atoms with Crippen LogP contribution in [0.3, 0.4) is 0 Å². The molecule has 2 aromatic heterocycles. The van der Waals surface area contributed by atoms with E-state index in [0.717, 1.165) is 10.5 Å². The summed E-state index contributed by atoms with van der Waals surface area (Å²) in [6, 6.07) is 24.1. The largest absolute Gasteiger partial charge is 0.449 e. The van der Waals surface area contributed by atoms with Crippen LogP contribution in [0.5, 0.6) is 0 Å². The highest BCUT2D eigenvalue weighted by Gasteiger charge is 2.33. The van der Waals surface area contributed by atoms with Crippen LogP contribution in [-0.4, -0.2) is 56.2 Å². The van der Waals surface area contributed by atoms with Gasteiger partial charge in [0.25, 0.3) is 0 Å². The van der Waals surface area contributed by atoms with Crippen LogP contribution < -0.4 is 5.73 Å². The Kier molecular flexibility index (Phi) is 13.7. The van der Waals surface area contributed by atoms with Crippen molar-refractivity contribution in [2.24, 2.45) is 5.73 Å². The first-order chi connectivity index (χ1) is 22.3. The minimum atomic E-state index is -4.72. The van der Waals surface area contributed by atoms with Crippen LogP contribution in [0.15, 0.2) is 97.3 Å². The standard InChI is InChI=1S/C17H14ClF3N2O3.C15H14ClN3O2/c18-14-7-2-1-5-12(14)9-23(10-13-6-3-4-8-22-13)15(24)16(25)26-11-17(19,20)21;16-13-7-2-1-5-11(13)9-19(15(21)14(17)20)10-12-6-3-4-8-18-12/h1-8H,9-11H2;1-8H,9-10H2,(H2,17,20). The first-order valence-corrected chi connectivity index (χ1v) is 14.5. The molecule has 0 spiro atoms. The number of esters is 1. The quantitative estimate of drug-likeness (QED) is 0.190. The number of carbonyl (C=O) groups excluding carboxylic acids is 4. The van der Waals surface area contributed by atoms with Crippen LogP contribution in [0.1, 0.15) is 22.5 Å². The number of pyridine rings is 2. The lowest BCUT2D eigenvalue weighted by atomic mass is 10.2. The summed E-state index contributed by atoms with van der Waals surface area (Å²) in [5.41, 5.74) is 7.49. The summed E-state index contributed by atoms with van der Waals surface area (Å²) in [6.07, 6.45) is -1.60. The van der Waals surface area contributed by atoms with Gasteiger partial charge in [0.15, 0.2) is 6.61 Å². The first-order valence-electron chi connectivity index (χ1n) is 13.7. The number of hydrogen-bond donors (Lipinski definition) is 1. The van der Waals surface area contributed by atoms with Crippen molar-refractivity contribution in [2.75, 3.05) is 6.61 Å². The molecule has 0 aliphatic heterocycles. The Morgan fingerprint density at radius 2 is 1.09 bits per heavy atom. The second-order valence-corrected chi connectivity index (χ2v) is 10.5. The van der Waals surface area contributed by atoms with Gasteiger partial charge in [0, 0.05) is 35.5 Å². The van der Waals surface area contributed by atoms with Crippen molar-refractivity contribution in [2.45, 2.75) is 32.4 Å². The van der Waals surface area contributed by atoms with Gasteiger partial charge in [-0.05, 0) is 47.5 Å². The maximum Gasteiger partial charge on any atom is 0.422 e. The highest BCUT2D eigenvalue weighted by molar-refractivity contribution is 6.34. The van der Waals surface area contributed by atoms with E-state index in [-0.39, 0.29) is 26.2 Å². The summed E-state index contributed by atoms with van der Waals surface area (Å²) < 4.78 is 40.6. The Morgan fingerprint density at radius 3 is 1.47 bits per heavy atom. The summed E-state index contributed by atoms with van der Waals surface area (Å²) >= 11 is 12.1. The molecule has 2 heterocycles. The zero-order valence-corrected chi connectivity index (χ0v) is 26.1. The molecule has 0 bridgehead atoms. The van der Waals surface area contributed by atoms with E-state index in [2.05, 4.69) is 14.7 Å². The van der Waals surface area contributed by atoms with Gasteiger partial charge in [-0.25, -0.2) is 4.79 Å². The summed E-state index contributed by atoms with van der Waals surface area (Å²) in [5.74, 6) is -4.57. The Hall–Kier alpha value is -5.01. The van der Waals surface area contributed by atoms with E-state index >= 15 is 0 Å². The molecule has 4 rings (SSSR count). The SMILES string of the molecule is NC(=O)C(=O)N(Cc1ccccn1)Cc1ccccc1Cl.O=C(OCC(F)(F)F)C(=O)N(Cc1ccccn1)Cc1ccccc1Cl. The van der Waals surface area contributed by atoms with Gasteiger partial charge in [-0.2, -0.15) is 13.2 Å². The van der Waals surface area contributed by atoms with Gasteiger partial charge in [0.2, 0.25) is 0 Å². The first kappa shape index (κ1) is 36.5. The second-order valence-electron chi connectivity index (χ2n) is 9.70. The molecule has 4 aromatic rings. The van der Waals surface area contributed by atoms with E-state index in [0.29, 0.717) is 27.0 Å². The predicted molar refractivity (Wildman–Crippen MR) is 166 cm³/mol. The smallest absolute Gasteiger partial charge is 0.422 e. The van der Waals surface area contributed by atoms with Gasteiger partial charge in [-0.15, -0.1) is 0 Å². The number of amides is 3. The van der Waals surface area contributed by atoms with Crippen LogP contribution in [0.25, 0.3) is 0 Å². The van der Waals surface area contributed by atoms with Crippen molar-refractivity contribution in [3.8, 4) is 0 Å². The molecule has 0 aliphatic rings. The summed E-state index contributed by atoms with van der Waals surface area (Å²) in [4.78, 5) is 57.7. The highest BCUT2D eigenvalue weighted by atomic mass is 35.5. The number of alkyl halides is 3. The van der Waals surface area contributed by atoms with Crippen molar-refractivity contribution < 1.29 is 37.1 Å². The van der Waals surface area contributed by atoms with E-state index in [4.69, 9.17) is 28.9 Å². The van der Waals surface area contributed by atoms with Gasteiger partial charge in [-0.1, -0.05) is 71.7 Å². The van der Waals surface area contributed by atoms with Crippen LogP contribution in [0.4, 0.5) is 13.2 Å². The number of carbonyl (C=O) groups is 4. The van der Waals surface area contributed by atoms with E-state index in [9.17, 15) is 32.3 Å². The Bertz CT molecular complexity index is 1660. The molecule has 2 N–H and O–H groups in total. The molecule has 0 saturated carbocycles. The fourth-order valence-corrected chi connectivity index (χ4v) is 4.32. The minimum absolute atomic E-state index is 0.0871. The number of rotatable bonds is 9. The number of nitrogens with two attached hydrogens (primary N) is 1. The van der Waals surface area contributed by atoms with E-state index in [1.54, 1.807) is 79.0 Å². The van der Waals surface area contributed by atoms with E-state index in [1.165, 1.54) is 11.1 Å². The molecule has 15 heteroatoms. The Morgan fingerprint density at radius 1 is 0.660 bits per heavy atom. The lowest BCUT2D eigenvalue weighted by Gasteiger charge is -2.22. The molecular formula is C32H28Cl2F3N5O5. The monoisotopic (exact) mass is 689 g/mol. The van der Waals surface area contributed by atoms with Crippen LogP contribution >= 0.6 is 23.2 Å².